The summed E-state index contributed by atoms with van der Waals surface area (Å²) in [6, 6.07) is 11.1. The molecule has 0 atom stereocenters. The van der Waals surface area contributed by atoms with Gasteiger partial charge in [0.1, 0.15) is 12.1 Å². The van der Waals surface area contributed by atoms with Crippen molar-refractivity contribution in [2.45, 2.75) is 33.9 Å². The van der Waals surface area contributed by atoms with Gasteiger partial charge in [0.05, 0.1) is 5.39 Å². The number of fused-ring (bicyclic) bond motifs is 1. The van der Waals surface area contributed by atoms with Crippen molar-refractivity contribution in [3.8, 4) is 0 Å². The number of carbonyl (C=O) groups is 1. The lowest BCUT2D eigenvalue weighted by Gasteiger charge is -2.12. The molecule has 1 amide bonds. The predicted octanol–water partition coefficient (Wildman–Crippen LogP) is 2.03. The highest BCUT2D eigenvalue weighted by Crippen LogP contribution is 2.16. The normalized spacial score (nSPS) is 10.8. The molecular formula is C19H20N4O2. The molecule has 0 aliphatic rings. The molecule has 1 aromatic heterocycles. The molecule has 3 rings (SSSR count). The molecule has 0 saturated heterocycles. The molecule has 0 saturated carbocycles. The second-order valence-electron chi connectivity index (χ2n) is 6.22. The first-order chi connectivity index (χ1) is 12.0. The van der Waals surface area contributed by atoms with E-state index in [9.17, 15) is 9.59 Å². The van der Waals surface area contributed by atoms with Gasteiger partial charge in [0.2, 0.25) is 5.91 Å². The fourth-order valence-electron chi connectivity index (χ4n) is 2.99. The number of rotatable bonds is 4. The second kappa shape index (κ2) is 6.84. The minimum absolute atomic E-state index is 0.152. The Labute approximate surface area is 145 Å². The Morgan fingerprint density at radius 1 is 1.12 bits per heavy atom. The highest BCUT2D eigenvalue weighted by molar-refractivity contribution is 5.78. The van der Waals surface area contributed by atoms with Gasteiger partial charge >= 0.3 is 0 Å². The lowest BCUT2D eigenvalue weighted by atomic mass is 10.00. The van der Waals surface area contributed by atoms with Gasteiger partial charge in [0.15, 0.2) is 0 Å². The molecule has 0 bridgehead atoms. The van der Waals surface area contributed by atoms with E-state index in [0.717, 1.165) is 21.4 Å². The van der Waals surface area contributed by atoms with Crippen LogP contribution in [0.2, 0.25) is 0 Å². The largest absolute Gasteiger partial charge is 0.350 e. The van der Waals surface area contributed by atoms with E-state index in [0.29, 0.717) is 17.4 Å². The molecule has 0 aliphatic carbocycles. The van der Waals surface area contributed by atoms with Crippen molar-refractivity contribution in [1.29, 1.82) is 0 Å². The van der Waals surface area contributed by atoms with Gasteiger partial charge in [-0.3, -0.25) is 9.59 Å². The summed E-state index contributed by atoms with van der Waals surface area (Å²) >= 11 is 0. The van der Waals surface area contributed by atoms with Crippen molar-refractivity contribution in [3.05, 3.63) is 69.0 Å². The third kappa shape index (κ3) is 3.57. The Morgan fingerprint density at radius 3 is 2.52 bits per heavy atom. The van der Waals surface area contributed by atoms with Crippen LogP contribution in [-0.4, -0.2) is 20.9 Å². The molecule has 6 heteroatoms. The average Bonchev–Trinajstić information content (AvgIpc) is 2.56. The maximum Gasteiger partial charge on any atom is 0.278 e. The van der Waals surface area contributed by atoms with Crippen molar-refractivity contribution in [1.82, 2.24) is 20.3 Å². The fraction of sp³-hybridized carbons (Fsp3) is 0.263. The van der Waals surface area contributed by atoms with E-state index in [1.165, 1.54) is 5.56 Å². The summed E-state index contributed by atoms with van der Waals surface area (Å²) in [5.74, 6) is -0.272. The third-order valence-electron chi connectivity index (χ3n) is 4.23. The van der Waals surface area contributed by atoms with Crippen LogP contribution in [0.1, 0.15) is 22.3 Å². The summed E-state index contributed by atoms with van der Waals surface area (Å²) in [6.45, 7) is 6.38. The highest BCUT2D eigenvalue weighted by Gasteiger charge is 2.10. The van der Waals surface area contributed by atoms with Crippen LogP contribution in [0.4, 0.5) is 0 Å². The van der Waals surface area contributed by atoms with Crippen LogP contribution in [0.3, 0.4) is 0 Å². The van der Waals surface area contributed by atoms with Crippen LogP contribution < -0.4 is 10.9 Å². The number of amides is 1. The van der Waals surface area contributed by atoms with E-state index < -0.39 is 0 Å². The minimum atomic E-state index is -0.316. The highest BCUT2D eigenvalue weighted by atomic mass is 16.2. The molecule has 0 aliphatic heterocycles. The maximum atomic E-state index is 12.4. The second-order valence-corrected chi connectivity index (χ2v) is 6.22. The van der Waals surface area contributed by atoms with E-state index in [1.54, 1.807) is 24.3 Å². The quantitative estimate of drug-likeness (QED) is 0.791. The summed E-state index contributed by atoms with van der Waals surface area (Å²) in [6.07, 6.45) is 0. The van der Waals surface area contributed by atoms with Gasteiger partial charge in [-0.15, -0.1) is 5.10 Å². The standard InChI is InChI=1S/C19H20N4O2/c1-12-8-13(2)16(14(3)9-12)10-20-18(24)11-23-19(25)15-6-4-5-7-17(15)21-22-23/h4-9H,10-11H2,1-3H3,(H,20,24). The summed E-state index contributed by atoms with van der Waals surface area (Å²) in [7, 11) is 0. The SMILES string of the molecule is Cc1cc(C)c(CNC(=O)Cn2nnc3ccccc3c2=O)c(C)c1. The lowest BCUT2D eigenvalue weighted by molar-refractivity contribution is -0.122. The van der Waals surface area contributed by atoms with Gasteiger partial charge in [0, 0.05) is 6.54 Å². The van der Waals surface area contributed by atoms with Crippen LogP contribution in [-0.2, 0) is 17.9 Å². The number of benzene rings is 2. The monoisotopic (exact) mass is 336 g/mol. The summed E-state index contributed by atoms with van der Waals surface area (Å²) in [4.78, 5) is 24.6. The van der Waals surface area contributed by atoms with Crippen LogP contribution in [0.5, 0.6) is 0 Å². The molecule has 0 fully saturated rings. The zero-order valence-corrected chi connectivity index (χ0v) is 14.5. The van der Waals surface area contributed by atoms with Crippen LogP contribution in [0, 0.1) is 20.8 Å². The van der Waals surface area contributed by atoms with Crippen molar-refractivity contribution in [2.75, 3.05) is 0 Å². The van der Waals surface area contributed by atoms with E-state index >= 15 is 0 Å². The van der Waals surface area contributed by atoms with Crippen molar-refractivity contribution in [2.24, 2.45) is 0 Å². The maximum absolute atomic E-state index is 12.4. The fourth-order valence-corrected chi connectivity index (χ4v) is 2.99. The lowest BCUT2D eigenvalue weighted by Crippen LogP contribution is -2.34. The zero-order valence-electron chi connectivity index (χ0n) is 14.5. The number of nitrogens with one attached hydrogen (secondary N) is 1. The van der Waals surface area contributed by atoms with Crippen LogP contribution in [0.15, 0.2) is 41.2 Å². The van der Waals surface area contributed by atoms with E-state index in [-0.39, 0.29) is 18.0 Å². The van der Waals surface area contributed by atoms with Gasteiger partial charge in [-0.1, -0.05) is 35.0 Å². The molecule has 1 heterocycles. The van der Waals surface area contributed by atoms with Crippen molar-refractivity contribution in [3.63, 3.8) is 0 Å². The van der Waals surface area contributed by atoms with Crippen molar-refractivity contribution < 1.29 is 4.79 Å². The summed E-state index contributed by atoms with van der Waals surface area (Å²) in [5, 5.41) is 11.1. The molecule has 128 valence electrons. The number of hydrogen-bond acceptors (Lipinski definition) is 4. The molecule has 3 aromatic rings. The number of aryl methyl sites for hydroxylation is 3. The molecule has 2 aromatic carbocycles. The number of aromatic nitrogens is 3. The van der Waals surface area contributed by atoms with E-state index in [2.05, 4.69) is 27.8 Å². The van der Waals surface area contributed by atoms with Crippen LogP contribution >= 0.6 is 0 Å². The first-order valence-electron chi connectivity index (χ1n) is 8.11. The average molecular weight is 336 g/mol. The molecule has 0 radical (unpaired) electrons. The van der Waals surface area contributed by atoms with Crippen molar-refractivity contribution >= 4 is 16.8 Å². The Balaban J connectivity index is 1.74. The van der Waals surface area contributed by atoms with E-state index in [4.69, 9.17) is 0 Å². The molecule has 0 spiro atoms. The molecular weight excluding hydrogens is 316 g/mol. The van der Waals surface area contributed by atoms with Crippen LogP contribution in [0.25, 0.3) is 10.9 Å². The summed E-state index contributed by atoms with van der Waals surface area (Å²) < 4.78 is 1.09. The number of carbonyl (C=O) groups excluding carboxylic acids is 1. The third-order valence-corrected chi connectivity index (χ3v) is 4.23. The van der Waals surface area contributed by atoms with Gasteiger partial charge in [-0.25, -0.2) is 4.68 Å². The smallest absolute Gasteiger partial charge is 0.278 e. The van der Waals surface area contributed by atoms with Gasteiger partial charge in [-0.2, -0.15) is 0 Å². The first kappa shape index (κ1) is 16.8. The topological polar surface area (TPSA) is 76.9 Å². The van der Waals surface area contributed by atoms with Gasteiger partial charge in [0.25, 0.3) is 5.56 Å². The Morgan fingerprint density at radius 2 is 1.80 bits per heavy atom. The Bertz CT molecular complexity index is 985. The number of nitrogens with zero attached hydrogens (tertiary/aromatic N) is 3. The van der Waals surface area contributed by atoms with E-state index in [1.807, 2.05) is 20.8 Å². The molecule has 25 heavy (non-hydrogen) atoms. The minimum Gasteiger partial charge on any atom is -0.350 e. The van der Waals surface area contributed by atoms with Gasteiger partial charge < -0.3 is 5.32 Å². The Hall–Kier alpha value is -3.02. The first-order valence-corrected chi connectivity index (χ1v) is 8.11. The zero-order chi connectivity index (χ0) is 18.0. The van der Waals surface area contributed by atoms with Gasteiger partial charge in [-0.05, 0) is 49.6 Å². The number of hydrogen-bond donors (Lipinski definition) is 1. The molecule has 6 nitrogen and oxygen atoms in total. The summed E-state index contributed by atoms with van der Waals surface area (Å²) in [5.41, 5.74) is 4.78. The molecule has 1 N–H and O–H groups in total. The predicted molar refractivity (Wildman–Crippen MR) is 96.3 cm³/mol. The Kier molecular flexibility index (Phi) is 4.61. The molecule has 0 unspecified atom stereocenters.